The van der Waals surface area contributed by atoms with Crippen LogP contribution in [0.1, 0.15) is 12.8 Å². The zero-order chi connectivity index (χ0) is 12.4. The molecule has 0 bridgehead atoms. The zero-order valence-electron chi connectivity index (χ0n) is 8.55. The van der Waals surface area contributed by atoms with Gasteiger partial charge in [0, 0.05) is 0 Å². The minimum absolute atomic E-state index is 0.351. The molecular formula is C9H9BrN2O4S. The summed E-state index contributed by atoms with van der Waals surface area (Å²) in [6.07, 6.45) is 0.757. The van der Waals surface area contributed by atoms with Gasteiger partial charge in [-0.15, -0.1) is 0 Å². The van der Waals surface area contributed by atoms with Gasteiger partial charge in [-0.1, -0.05) is 11.3 Å². The number of amides is 1. The molecule has 2 unspecified atom stereocenters. The highest BCUT2D eigenvalue weighted by Crippen LogP contribution is 2.25. The first-order valence-corrected chi connectivity index (χ1v) is 6.47. The van der Waals surface area contributed by atoms with E-state index >= 15 is 0 Å². The molecule has 2 rings (SSSR count). The standard InChI is InChI=1S/C9H9BrN2O4S/c10-6-3-11-9(17-6)12-7(13)4-1-2-5(16-4)8(14)15/h3-5H,1-2H2,(H,14,15)(H,11,12,13). The van der Waals surface area contributed by atoms with Crippen molar-refractivity contribution in [3.8, 4) is 0 Å². The molecule has 6 nitrogen and oxygen atoms in total. The quantitative estimate of drug-likeness (QED) is 0.880. The predicted molar refractivity (Wildman–Crippen MR) is 64.0 cm³/mol. The summed E-state index contributed by atoms with van der Waals surface area (Å²) < 4.78 is 5.93. The molecular weight excluding hydrogens is 312 g/mol. The number of aliphatic carboxylic acids is 1. The Balaban J connectivity index is 1.91. The molecule has 0 spiro atoms. The fourth-order valence-electron chi connectivity index (χ4n) is 1.51. The summed E-state index contributed by atoms with van der Waals surface area (Å²) in [6.45, 7) is 0. The molecule has 17 heavy (non-hydrogen) atoms. The molecule has 0 radical (unpaired) electrons. The number of hydrogen-bond acceptors (Lipinski definition) is 5. The van der Waals surface area contributed by atoms with Crippen LogP contribution in [0.4, 0.5) is 5.13 Å². The lowest BCUT2D eigenvalue weighted by molar-refractivity contribution is -0.150. The number of carboxylic acids is 1. The smallest absolute Gasteiger partial charge is 0.332 e. The fourth-order valence-corrected chi connectivity index (χ4v) is 2.62. The molecule has 1 amide bonds. The molecule has 1 aliphatic heterocycles. The van der Waals surface area contributed by atoms with Crippen LogP contribution in [0.5, 0.6) is 0 Å². The fraction of sp³-hybridized carbons (Fsp3) is 0.444. The van der Waals surface area contributed by atoms with Crippen molar-refractivity contribution in [2.45, 2.75) is 25.0 Å². The Bertz CT molecular complexity index is 450. The lowest BCUT2D eigenvalue weighted by Gasteiger charge is -2.09. The molecule has 1 fully saturated rings. The average Bonchev–Trinajstić information content (AvgIpc) is 2.86. The topological polar surface area (TPSA) is 88.5 Å². The summed E-state index contributed by atoms with van der Waals surface area (Å²) in [4.78, 5) is 26.3. The van der Waals surface area contributed by atoms with Crippen molar-refractivity contribution in [3.05, 3.63) is 9.98 Å². The summed E-state index contributed by atoms with van der Waals surface area (Å²) in [7, 11) is 0. The van der Waals surface area contributed by atoms with Crippen LogP contribution in [0.3, 0.4) is 0 Å². The Morgan fingerprint density at radius 3 is 2.76 bits per heavy atom. The van der Waals surface area contributed by atoms with Gasteiger partial charge in [-0.25, -0.2) is 9.78 Å². The second kappa shape index (κ2) is 5.11. The summed E-state index contributed by atoms with van der Waals surface area (Å²) in [5, 5.41) is 11.8. The number of carbonyl (C=O) groups is 2. The van der Waals surface area contributed by atoms with Crippen LogP contribution in [-0.4, -0.2) is 34.2 Å². The third-order valence-corrected chi connectivity index (χ3v) is 3.69. The van der Waals surface area contributed by atoms with E-state index in [2.05, 4.69) is 26.2 Å². The van der Waals surface area contributed by atoms with Crippen molar-refractivity contribution in [2.75, 3.05) is 5.32 Å². The number of thiazole rings is 1. The van der Waals surface area contributed by atoms with Gasteiger partial charge in [0.2, 0.25) is 0 Å². The van der Waals surface area contributed by atoms with E-state index < -0.39 is 18.2 Å². The van der Waals surface area contributed by atoms with E-state index in [4.69, 9.17) is 9.84 Å². The van der Waals surface area contributed by atoms with E-state index in [1.165, 1.54) is 11.3 Å². The van der Waals surface area contributed by atoms with Crippen LogP contribution >= 0.6 is 27.3 Å². The zero-order valence-corrected chi connectivity index (χ0v) is 11.0. The van der Waals surface area contributed by atoms with Crippen LogP contribution in [0.25, 0.3) is 0 Å². The van der Waals surface area contributed by atoms with Gasteiger partial charge < -0.3 is 9.84 Å². The number of hydrogen-bond donors (Lipinski definition) is 2. The highest BCUT2D eigenvalue weighted by atomic mass is 79.9. The van der Waals surface area contributed by atoms with E-state index in [-0.39, 0.29) is 5.91 Å². The predicted octanol–water partition coefficient (Wildman–Crippen LogP) is 1.48. The summed E-state index contributed by atoms with van der Waals surface area (Å²) >= 11 is 4.51. The van der Waals surface area contributed by atoms with Gasteiger partial charge in [-0.05, 0) is 28.8 Å². The van der Waals surface area contributed by atoms with Crippen LogP contribution in [0.15, 0.2) is 9.98 Å². The van der Waals surface area contributed by atoms with E-state index in [1.54, 1.807) is 6.20 Å². The van der Waals surface area contributed by atoms with Crippen LogP contribution < -0.4 is 5.32 Å². The Labute approximate surface area is 109 Å². The largest absolute Gasteiger partial charge is 0.479 e. The molecule has 1 aromatic rings. The van der Waals surface area contributed by atoms with Crippen LogP contribution in [0, 0.1) is 0 Å². The monoisotopic (exact) mass is 320 g/mol. The molecule has 2 heterocycles. The lowest BCUT2D eigenvalue weighted by Crippen LogP contribution is -2.29. The van der Waals surface area contributed by atoms with Gasteiger partial charge in [0.15, 0.2) is 11.2 Å². The maximum atomic E-state index is 11.7. The molecule has 0 aliphatic carbocycles. The number of anilines is 1. The SMILES string of the molecule is O=C(O)C1CCC(C(=O)Nc2ncc(Br)s2)O1. The number of rotatable bonds is 3. The minimum Gasteiger partial charge on any atom is -0.479 e. The maximum absolute atomic E-state index is 11.7. The van der Waals surface area contributed by atoms with E-state index in [0.717, 1.165) is 3.79 Å². The molecule has 2 atom stereocenters. The Hall–Kier alpha value is -0.990. The van der Waals surface area contributed by atoms with Gasteiger partial charge >= 0.3 is 5.97 Å². The van der Waals surface area contributed by atoms with E-state index in [0.29, 0.717) is 18.0 Å². The first kappa shape index (κ1) is 12.5. The first-order chi connectivity index (χ1) is 8.06. The second-order valence-corrected chi connectivity index (χ2v) is 5.90. The van der Waals surface area contributed by atoms with Crippen molar-refractivity contribution in [1.82, 2.24) is 4.98 Å². The second-order valence-electron chi connectivity index (χ2n) is 3.49. The minimum atomic E-state index is -1.03. The molecule has 1 saturated heterocycles. The number of carboxylic acid groups (broad SMARTS) is 1. The lowest BCUT2D eigenvalue weighted by atomic mass is 10.2. The maximum Gasteiger partial charge on any atom is 0.332 e. The molecule has 0 saturated carbocycles. The van der Waals surface area contributed by atoms with Gasteiger partial charge in [-0.3, -0.25) is 10.1 Å². The summed E-state index contributed by atoms with van der Waals surface area (Å²) in [5.74, 6) is -1.38. The number of halogens is 1. The Morgan fingerprint density at radius 2 is 2.24 bits per heavy atom. The molecule has 0 aromatic carbocycles. The van der Waals surface area contributed by atoms with E-state index in [1.807, 2.05) is 0 Å². The number of ether oxygens (including phenoxy) is 1. The highest BCUT2D eigenvalue weighted by molar-refractivity contribution is 9.11. The first-order valence-electron chi connectivity index (χ1n) is 4.86. The normalized spacial score (nSPS) is 23.6. The number of carbonyl (C=O) groups excluding carboxylic acids is 1. The summed E-state index contributed by atoms with van der Waals surface area (Å²) in [5.41, 5.74) is 0. The molecule has 92 valence electrons. The van der Waals surface area contributed by atoms with Crippen molar-refractivity contribution in [3.63, 3.8) is 0 Å². The van der Waals surface area contributed by atoms with Gasteiger partial charge in [0.25, 0.3) is 5.91 Å². The van der Waals surface area contributed by atoms with Crippen LogP contribution in [0.2, 0.25) is 0 Å². The highest BCUT2D eigenvalue weighted by Gasteiger charge is 2.34. The number of nitrogens with zero attached hydrogens (tertiary/aromatic N) is 1. The van der Waals surface area contributed by atoms with Gasteiger partial charge in [0.1, 0.15) is 6.10 Å². The molecule has 8 heteroatoms. The third-order valence-electron chi connectivity index (χ3n) is 2.30. The number of nitrogens with one attached hydrogen (secondary N) is 1. The van der Waals surface area contributed by atoms with Crippen molar-refractivity contribution < 1.29 is 19.4 Å². The van der Waals surface area contributed by atoms with Gasteiger partial charge in [-0.2, -0.15) is 0 Å². The van der Waals surface area contributed by atoms with Crippen molar-refractivity contribution in [1.29, 1.82) is 0 Å². The summed E-state index contributed by atoms with van der Waals surface area (Å²) in [6, 6.07) is 0. The molecule has 1 aliphatic rings. The Kier molecular flexibility index (Phi) is 3.75. The van der Waals surface area contributed by atoms with Crippen LogP contribution in [-0.2, 0) is 14.3 Å². The number of aromatic nitrogens is 1. The molecule has 1 aromatic heterocycles. The Morgan fingerprint density at radius 1 is 1.53 bits per heavy atom. The van der Waals surface area contributed by atoms with E-state index in [9.17, 15) is 9.59 Å². The van der Waals surface area contributed by atoms with Crippen molar-refractivity contribution >= 4 is 44.3 Å². The average molecular weight is 321 g/mol. The molecule has 2 N–H and O–H groups in total. The van der Waals surface area contributed by atoms with Gasteiger partial charge in [0.05, 0.1) is 9.98 Å². The third kappa shape index (κ3) is 3.02. The van der Waals surface area contributed by atoms with Crippen molar-refractivity contribution in [2.24, 2.45) is 0 Å².